The van der Waals surface area contributed by atoms with Gasteiger partial charge in [0, 0.05) is 5.92 Å². The van der Waals surface area contributed by atoms with Crippen LogP contribution in [0.1, 0.15) is 32.6 Å². The van der Waals surface area contributed by atoms with Gasteiger partial charge in [0.25, 0.3) is 0 Å². The maximum Gasteiger partial charge on any atom is 0.0977 e. The van der Waals surface area contributed by atoms with Crippen molar-refractivity contribution in [3.8, 4) is 0 Å². The predicted molar refractivity (Wildman–Crippen MR) is 58.4 cm³/mol. The van der Waals surface area contributed by atoms with Crippen LogP contribution in [0.15, 0.2) is 11.8 Å². The van der Waals surface area contributed by atoms with E-state index < -0.39 is 0 Å². The second-order valence-electron chi connectivity index (χ2n) is 5.47. The second kappa shape index (κ2) is 3.51. The lowest BCUT2D eigenvalue weighted by molar-refractivity contribution is -0.143. The van der Waals surface area contributed by atoms with Crippen LogP contribution < -0.4 is 0 Å². The highest BCUT2D eigenvalue weighted by Crippen LogP contribution is 2.45. The normalized spacial score (nSPS) is 36.2. The summed E-state index contributed by atoms with van der Waals surface area (Å²) < 4.78 is 11.3. The maximum absolute atomic E-state index is 6.02. The standard InChI is InChI=1S/C13H20O2/c1-2-13(7-14-8-13)9-15-12-6-10-3-4-11(12)5-10/h6,10-11H,2-5,7-9H2,1H3. The van der Waals surface area contributed by atoms with Crippen LogP contribution in [0.3, 0.4) is 0 Å². The fourth-order valence-electron chi connectivity index (χ4n) is 2.98. The van der Waals surface area contributed by atoms with Crippen LogP contribution in [0.4, 0.5) is 0 Å². The summed E-state index contributed by atoms with van der Waals surface area (Å²) in [7, 11) is 0. The van der Waals surface area contributed by atoms with Gasteiger partial charge in [0.05, 0.1) is 31.0 Å². The van der Waals surface area contributed by atoms with E-state index in [0.29, 0.717) is 5.41 Å². The number of fused-ring (bicyclic) bond motifs is 2. The van der Waals surface area contributed by atoms with Crippen LogP contribution in [0.2, 0.25) is 0 Å². The fraction of sp³-hybridized carbons (Fsp3) is 0.846. The molecule has 1 saturated heterocycles. The molecule has 2 unspecified atom stereocenters. The molecule has 0 spiro atoms. The number of hydrogen-bond donors (Lipinski definition) is 0. The van der Waals surface area contributed by atoms with Crippen molar-refractivity contribution < 1.29 is 9.47 Å². The first-order valence-corrected chi connectivity index (χ1v) is 6.24. The van der Waals surface area contributed by atoms with E-state index in [9.17, 15) is 0 Å². The van der Waals surface area contributed by atoms with Crippen molar-refractivity contribution in [3.05, 3.63) is 11.8 Å². The molecule has 84 valence electrons. The van der Waals surface area contributed by atoms with Crippen LogP contribution in [-0.2, 0) is 9.47 Å². The van der Waals surface area contributed by atoms with Gasteiger partial charge < -0.3 is 9.47 Å². The molecule has 2 heteroatoms. The third-order valence-corrected chi connectivity index (χ3v) is 4.39. The van der Waals surface area contributed by atoms with Crippen LogP contribution in [-0.4, -0.2) is 19.8 Å². The Labute approximate surface area is 91.6 Å². The highest BCUT2D eigenvalue weighted by molar-refractivity contribution is 5.14. The largest absolute Gasteiger partial charge is 0.497 e. The average Bonchev–Trinajstić information content (AvgIpc) is 2.78. The molecular formula is C13H20O2. The molecule has 0 aromatic rings. The van der Waals surface area contributed by atoms with E-state index in [0.717, 1.165) is 31.7 Å². The third kappa shape index (κ3) is 1.59. The summed E-state index contributed by atoms with van der Waals surface area (Å²) in [4.78, 5) is 0. The van der Waals surface area contributed by atoms with Crippen molar-refractivity contribution in [1.82, 2.24) is 0 Å². The minimum atomic E-state index is 0.336. The van der Waals surface area contributed by atoms with Gasteiger partial charge in [-0.1, -0.05) is 6.92 Å². The molecule has 1 heterocycles. The molecule has 0 amide bonds. The summed E-state index contributed by atoms with van der Waals surface area (Å²) in [5.74, 6) is 2.89. The van der Waals surface area contributed by atoms with E-state index in [1.807, 2.05) is 0 Å². The molecule has 3 rings (SSSR count). The Hall–Kier alpha value is -0.500. The first-order valence-electron chi connectivity index (χ1n) is 6.24. The monoisotopic (exact) mass is 208 g/mol. The van der Waals surface area contributed by atoms with E-state index in [2.05, 4.69) is 13.0 Å². The lowest BCUT2D eigenvalue weighted by Gasteiger charge is -2.40. The third-order valence-electron chi connectivity index (χ3n) is 4.39. The van der Waals surface area contributed by atoms with Gasteiger partial charge in [-0.2, -0.15) is 0 Å². The second-order valence-corrected chi connectivity index (χ2v) is 5.47. The zero-order valence-electron chi connectivity index (χ0n) is 9.50. The first-order chi connectivity index (χ1) is 7.31. The van der Waals surface area contributed by atoms with Crippen molar-refractivity contribution in [2.24, 2.45) is 17.3 Å². The Morgan fingerprint density at radius 3 is 2.80 bits per heavy atom. The summed E-state index contributed by atoms with van der Waals surface area (Å²) in [5.41, 5.74) is 0.336. The molecule has 3 aliphatic rings. The summed E-state index contributed by atoms with van der Waals surface area (Å²) in [6.07, 6.45) is 7.64. The molecule has 0 aromatic carbocycles. The number of allylic oxidation sites excluding steroid dienone is 2. The Balaban J connectivity index is 1.56. The Kier molecular flexibility index (Phi) is 2.27. The van der Waals surface area contributed by atoms with E-state index in [1.165, 1.54) is 31.4 Å². The van der Waals surface area contributed by atoms with Gasteiger partial charge in [-0.05, 0) is 37.7 Å². The Bertz CT molecular complexity index is 273. The van der Waals surface area contributed by atoms with Crippen molar-refractivity contribution in [1.29, 1.82) is 0 Å². The fourth-order valence-corrected chi connectivity index (χ4v) is 2.98. The molecule has 0 radical (unpaired) electrons. The molecule has 0 aromatic heterocycles. The number of hydrogen-bond acceptors (Lipinski definition) is 2. The predicted octanol–water partition coefficient (Wildman–Crippen LogP) is 2.74. The molecule has 2 nitrogen and oxygen atoms in total. The minimum absolute atomic E-state index is 0.336. The molecule has 1 saturated carbocycles. The van der Waals surface area contributed by atoms with Crippen molar-refractivity contribution in [2.75, 3.05) is 19.8 Å². The summed E-state index contributed by atoms with van der Waals surface area (Å²) in [5, 5.41) is 0. The number of rotatable bonds is 4. The molecule has 0 N–H and O–H groups in total. The zero-order chi connectivity index (χ0) is 10.3. The van der Waals surface area contributed by atoms with Gasteiger partial charge in [-0.25, -0.2) is 0 Å². The van der Waals surface area contributed by atoms with Crippen molar-refractivity contribution >= 4 is 0 Å². The summed E-state index contributed by atoms with van der Waals surface area (Å²) in [6, 6.07) is 0. The van der Waals surface area contributed by atoms with Gasteiger partial charge in [0.1, 0.15) is 0 Å². The van der Waals surface area contributed by atoms with Crippen LogP contribution >= 0.6 is 0 Å². The van der Waals surface area contributed by atoms with Crippen molar-refractivity contribution in [3.63, 3.8) is 0 Å². The van der Waals surface area contributed by atoms with E-state index in [-0.39, 0.29) is 0 Å². The maximum atomic E-state index is 6.02. The lowest BCUT2D eigenvalue weighted by atomic mass is 9.84. The van der Waals surface area contributed by atoms with E-state index in [1.54, 1.807) is 0 Å². The van der Waals surface area contributed by atoms with Gasteiger partial charge in [0.15, 0.2) is 0 Å². The molecule has 2 bridgehead atoms. The van der Waals surface area contributed by atoms with E-state index in [4.69, 9.17) is 9.47 Å². The highest BCUT2D eigenvalue weighted by Gasteiger charge is 2.40. The van der Waals surface area contributed by atoms with Crippen LogP contribution in [0.5, 0.6) is 0 Å². The quantitative estimate of drug-likeness (QED) is 0.707. The number of ether oxygens (including phenoxy) is 2. The Morgan fingerprint density at radius 1 is 1.47 bits per heavy atom. The topological polar surface area (TPSA) is 18.5 Å². The first kappa shape index (κ1) is 9.71. The minimum Gasteiger partial charge on any atom is -0.497 e. The zero-order valence-corrected chi connectivity index (χ0v) is 9.50. The highest BCUT2D eigenvalue weighted by atomic mass is 16.5. The van der Waals surface area contributed by atoms with Gasteiger partial charge in [0.2, 0.25) is 0 Å². The van der Waals surface area contributed by atoms with Gasteiger partial charge in [-0.15, -0.1) is 0 Å². The van der Waals surface area contributed by atoms with Crippen molar-refractivity contribution in [2.45, 2.75) is 32.6 Å². The summed E-state index contributed by atoms with van der Waals surface area (Å²) >= 11 is 0. The molecule has 1 aliphatic heterocycles. The molecule has 2 atom stereocenters. The van der Waals surface area contributed by atoms with Crippen LogP contribution in [0, 0.1) is 17.3 Å². The smallest absolute Gasteiger partial charge is 0.0977 e. The average molecular weight is 208 g/mol. The van der Waals surface area contributed by atoms with E-state index >= 15 is 0 Å². The van der Waals surface area contributed by atoms with Gasteiger partial charge in [-0.3, -0.25) is 0 Å². The molecule has 15 heavy (non-hydrogen) atoms. The summed E-state index contributed by atoms with van der Waals surface area (Å²) in [6.45, 7) is 4.90. The van der Waals surface area contributed by atoms with Gasteiger partial charge >= 0.3 is 0 Å². The Morgan fingerprint density at radius 2 is 2.33 bits per heavy atom. The molecular weight excluding hydrogens is 188 g/mol. The lowest BCUT2D eigenvalue weighted by Crippen LogP contribution is -2.45. The molecule has 2 aliphatic carbocycles. The molecule has 2 fully saturated rings. The van der Waals surface area contributed by atoms with Crippen LogP contribution in [0.25, 0.3) is 0 Å². The SMILES string of the molecule is CCC1(COC2=CC3CCC2C3)COC1.